The van der Waals surface area contributed by atoms with Gasteiger partial charge in [0.25, 0.3) is 0 Å². The van der Waals surface area contributed by atoms with Crippen LogP contribution in [0, 0.1) is 0 Å². The van der Waals surface area contributed by atoms with Crippen molar-refractivity contribution in [1.82, 2.24) is 9.97 Å². The van der Waals surface area contributed by atoms with Crippen LogP contribution in [-0.4, -0.2) is 9.97 Å². The molecular weight excluding hydrogens is 268 g/mol. The lowest BCUT2D eigenvalue weighted by atomic mass is 9.90. The van der Waals surface area contributed by atoms with Crippen LogP contribution >= 0.6 is 0 Å². The first-order valence-electron chi connectivity index (χ1n) is 7.63. The van der Waals surface area contributed by atoms with Crippen molar-refractivity contribution in [1.29, 1.82) is 0 Å². The maximum Gasteiger partial charge on any atom is 0.0641 e. The molecule has 0 aliphatic heterocycles. The van der Waals surface area contributed by atoms with E-state index >= 15 is 0 Å². The van der Waals surface area contributed by atoms with Crippen molar-refractivity contribution in [2.24, 2.45) is 0 Å². The molecule has 2 heterocycles. The zero-order valence-electron chi connectivity index (χ0n) is 12.2. The molecule has 1 aliphatic rings. The number of aromatic amines is 2. The van der Waals surface area contributed by atoms with E-state index < -0.39 is 0 Å². The van der Waals surface area contributed by atoms with Gasteiger partial charge in [0.05, 0.1) is 5.92 Å². The molecule has 2 aromatic heterocycles. The van der Waals surface area contributed by atoms with Crippen molar-refractivity contribution in [2.75, 3.05) is 0 Å². The summed E-state index contributed by atoms with van der Waals surface area (Å²) in [4.78, 5) is 6.70. The quantitative estimate of drug-likeness (QED) is 0.694. The van der Waals surface area contributed by atoms with E-state index in [0.29, 0.717) is 5.92 Å². The fourth-order valence-electron chi connectivity index (χ4n) is 3.14. The molecule has 0 radical (unpaired) electrons. The second kappa shape index (κ2) is 5.57. The molecule has 0 saturated carbocycles. The van der Waals surface area contributed by atoms with Gasteiger partial charge in [-0.3, -0.25) is 0 Å². The Morgan fingerprint density at radius 1 is 0.727 bits per heavy atom. The van der Waals surface area contributed by atoms with E-state index in [1.54, 1.807) is 0 Å². The van der Waals surface area contributed by atoms with Crippen LogP contribution in [0.25, 0.3) is 0 Å². The lowest BCUT2D eigenvalue weighted by molar-refractivity contribution is 0.895. The zero-order chi connectivity index (χ0) is 14.8. The van der Waals surface area contributed by atoms with Crippen molar-refractivity contribution in [3.63, 3.8) is 0 Å². The van der Waals surface area contributed by atoms with Crippen molar-refractivity contribution in [3.05, 3.63) is 108 Å². The minimum atomic E-state index is 0.216. The highest BCUT2D eigenvalue weighted by molar-refractivity contribution is 5.42. The Morgan fingerprint density at radius 3 is 1.82 bits per heavy atom. The predicted octanol–water partition coefficient (Wildman–Crippen LogP) is 4.73. The molecule has 0 saturated heterocycles. The van der Waals surface area contributed by atoms with Gasteiger partial charge in [-0.1, -0.05) is 48.6 Å². The predicted molar refractivity (Wildman–Crippen MR) is 90.0 cm³/mol. The van der Waals surface area contributed by atoms with Crippen LogP contribution in [0.5, 0.6) is 0 Å². The fraction of sp³-hybridized carbons (Fsp3) is 0.100. The van der Waals surface area contributed by atoms with Crippen LogP contribution in [0.1, 0.15) is 34.4 Å². The van der Waals surface area contributed by atoms with Crippen LogP contribution < -0.4 is 0 Å². The van der Waals surface area contributed by atoms with Gasteiger partial charge in [0.1, 0.15) is 0 Å². The zero-order valence-corrected chi connectivity index (χ0v) is 12.2. The SMILES string of the molecule is C1=CC(c2ccc(C(c3ccc[nH]3)c3ccc[nH]3)cc2)C=C1. The summed E-state index contributed by atoms with van der Waals surface area (Å²) in [5.74, 6) is 0.636. The summed E-state index contributed by atoms with van der Waals surface area (Å²) in [6, 6.07) is 17.3. The second-order valence-electron chi connectivity index (χ2n) is 5.65. The third-order valence-electron chi connectivity index (χ3n) is 4.27. The van der Waals surface area contributed by atoms with Crippen molar-refractivity contribution in [2.45, 2.75) is 11.8 Å². The molecule has 1 aliphatic carbocycles. The average Bonchev–Trinajstić information content (AvgIpc) is 3.32. The molecule has 0 fully saturated rings. The largest absolute Gasteiger partial charge is 0.364 e. The normalized spacial score (nSPS) is 14.2. The maximum atomic E-state index is 3.35. The molecular formula is C20H18N2. The van der Waals surface area contributed by atoms with E-state index in [1.165, 1.54) is 22.5 Å². The lowest BCUT2D eigenvalue weighted by Crippen LogP contribution is -2.04. The highest BCUT2D eigenvalue weighted by atomic mass is 14.7. The van der Waals surface area contributed by atoms with Crippen LogP contribution in [0.4, 0.5) is 0 Å². The summed E-state index contributed by atoms with van der Waals surface area (Å²) in [5.41, 5.74) is 5.04. The molecule has 22 heavy (non-hydrogen) atoms. The third-order valence-corrected chi connectivity index (χ3v) is 4.27. The molecule has 2 heteroatoms. The number of rotatable bonds is 4. The minimum absolute atomic E-state index is 0.216. The van der Waals surface area contributed by atoms with Gasteiger partial charge in [-0.15, -0.1) is 0 Å². The van der Waals surface area contributed by atoms with Crippen molar-refractivity contribution in [3.8, 4) is 0 Å². The Bertz CT molecular complexity index is 729. The summed E-state index contributed by atoms with van der Waals surface area (Å²) in [6.07, 6.45) is 12.6. The average molecular weight is 286 g/mol. The fourth-order valence-corrected chi connectivity index (χ4v) is 3.14. The van der Waals surface area contributed by atoms with Gasteiger partial charge >= 0.3 is 0 Å². The van der Waals surface area contributed by atoms with E-state index in [9.17, 15) is 0 Å². The molecule has 108 valence electrons. The van der Waals surface area contributed by atoms with Crippen LogP contribution in [0.15, 0.2) is 85.2 Å². The molecule has 0 bridgehead atoms. The van der Waals surface area contributed by atoms with E-state index in [2.05, 4.69) is 70.7 Å². The number of hydrogen-bond donors (Lipinski definition) is 2. The standard InChI is InChI=1S/C20H18N2/c1-2-6-15(5-1)16-9-11-17(12-10-16)20(18-7-3-13-21-18)19-8-4-14-22-19/h1-15,20-22H. The Morgan fingerprint density at radius 2 is 1.32 bits per heavy atom. The molecule has 4 rings (SSSR count). The molecule has 0 unspecified atom stereocenters. The van der Waals surface area contributed by atoms with Crippen LogP contribution in [0.3, 0.4) is 0 Å². The van der Waals surface area contributed by atoms with E-state index in [4.69, 9.17) is 0 Å². The molecule has 0 atom stereocenters. The summed E-state index contributed by atoms with van der Waals surface area (Å²) in [6.45, 7) is 0. The Labute approximate surface area is 130 Å². The smallest absolute Gasteiger partial charge is 0.0641 e. The van der Waals surface area contributed by atoms with Gasteiger partial charge in [0, 0.05) is 29.7 Å². The van der Waals surface area contributed by atoms with E-state index in [0.717, 1.165) is 0 Å². The summed E-state index contributed by atoms with van der Waals surface area (Å²) in [7, 11) is 0. The minimum Gasteiger partial charge on any atom is -0.364 e. The Balaban J connectivity index is 1.71. The Hall–Kier alpha value is -2.74. The van der Waals surface area contributed by atoms with Gasteiger partial charge in [-0.25, -0.2) is 0 Å². The second-order valence-corrected chi connectivity index (χ2v) is 5.65. The van der Waals surface area contributed by atoms with Gasteiger partial charge in [0.2, 0.25) is 0 Å². The number of aromatic nitrogens is 2. The first-order chi connectivity index (χ1) is 10.9. The number of benzene rings is 1. The van der Waals surface area contributed by atoms with E-state index in [-0.39, 0.29) is 5.92 Å². The van der Waals surface area contributed by atoms with Crippen LogP contribution in [0.2, 0.25) is 0 Å². The summed E-state index contributed by atoms with van der Waals surface area (Å²) >= 11 is 0. The molecule has 2 nitrogen and oxygen atoms in total. The number of hydrogen-bond acceptors (Lipinski definition) is 0. The summed E-state index contributed by atoms with van der Waals surface area (Å²) < 4.78 is 0. The molecule has 0 spiro atoms. The lowest BCUT2D eigenvalue weighted by Gasteiger charge is -2.16. The molecule has 0 amide bonds. The van der Waals surface area contributed by atoms with E-state index in [1.807, 2.05) is 24.5 Å². The molecule has 2 N–H and O–H groups in total. The molecule has 1 aromatic carbocycles. The van der Waals surface area contributed by atoms with Gasteiger partial charge in [0.15, 0.2) is 0 Å². The summed E-state index contributed by atoms with van der Waals surface area (Å²) in [5, 5.41) is 0. The first kappa shape index (κ1) is 13.0. The third kappa shape index (κ3) is 2.33. The monoisotopic (exact) mass is 286 g/mol. The van der Waals surface area contributed by atoms with Crippen molar-refractivity contribution >= 4 is 0 Å². The number of H-pyrrole nitrogens is 2. The van der Waals surface area contributed by atoms with Gasteiger partial charge < -0.3 is 9.97 Å². The van der Waals surface area contributed by atoms with Gasteiger partial charge in [-0.2, -0.15) is 0 Å². The topological polar surface area (TPSA) is 31.6 Å². The first-order valence-corrected chi connectivity index (χ1v) is 7.63. The maximum absolute atomic E-state index is 3.35. The number of nitrogens with one attached hydrogen (secondary N) is 2. The highest BCUT2D eigenvalue weighted by Crippen LogP contribution is 2.31. The van der Waals surface area contributed by atoms with Crippen LogP contribution in [-0.2, 0) is 0 Å². The van der Waals surface area contributed by atoms with Gasteiger partial charge in [-0.05, 0) is 35.4 Å². The Kier molecular flexibility index (Phi) is 3.28. The number of allylic oxidation sites excluding steroid dienone is 4. The molecule has 3 aromatic rings. The highest BCUT2D eigenvalue weighted by Gasteiger charge is 2.18. The van der Waals surface area contributed by atoms with Crippen molar-refractivity contribution < 1.29 is 0 Å².